The van der Waals surface area contributed by atoms with Crippen molar-refractivity contribution in [1.29, 1.82) is 0 Å². The molecule has 0 aromatic rings. The van der Waals surface area contributed by atoms with Crippen LogP contribution >= 0.6 is 12.6 Å². The molecule has 0 aliphatic carbocycles. The molecule has 0 N–H and O–H groups in total. The van der Waals surface area contributed by atoms with Crippen molar-refractivity contribution < 1.29 is 83.4 Å². The van der Waals surface area contributed by atoms with E-state index in [1.807, 2.05) is 0 Å². The van der Waals surface area contributed by atoms with Crippen LogP contribution in [0.15, 0.2) is 0 Å². The lowest BCUT2D eigenvalue weighted by molar-refractivity contribution is -0.452. The molecule has 0 aromatic carbocycles. The van der Waals surface area contributed by atoms with Gasteiger partial charge in [-0.25, -0.2) is 4.39 Å². The van der Waals surface area contributed by atoms with Gasteiger partial charge in [-0.1, -0.05) is 0 Å². The normalized spacial score (nSPS) is 18.6. The molecule has 0 heterocycles. The van der Waals surface area contributed by atoms with Crippen molar-refractivity contribution in [1.82, 2.24) is 0 Å². The molecule has 0 aromatic heterocycles. The summed E-state index contributed by atoms with van der Waals surface area (Å²) in [5.74, 6) is -50.6. The lowest BCUT2D eigenvalue weighted by Crippen LogP contribution is -2.75. The van der Waals surface area contributed by atoms with Gasteiger partial charge in [-0.05, 0) is 0 Å². The fraction of sp³-hybridized carbons (Fsp3) is 1.00. The fourth-order valence-corrected chi connectivity index (χ4v) is 1.63. The first kappa shape index (κ1) is 28.0. The monoisotopic (exact) mass is 502 g/mol. The van der Waals surface area contributed by atoms with Crippen molar-refractivity contribution in [2.24, 2.45) is 0 Å². The molecular formula is C9HF19S. The molecule has 0 fully saturated rings. The molecule has 0 saturated carbocycles. The van der Waals surface area contributed by atoms with Crippen LogP contribution in [0.2, 0.25) is 0 Å². The highest BCUT2D eigenvalue weighted by Crippen LogP contribution is 2.65. The first-order valence-corrected chi connectivity index (χ1v) is 6.26. The number of halogens is 19. The quantitative estimate of drug-likeness (QED) is 0.311. The van der Waals surface area contributed by atoms with Crippen LogP contribution in [-0.2, 0) is 0 Å². The number of alkyl halides is 19. The number of hydrogen-bond acceptors (Lipinski definition) is 1. The molecule has 29 heavy (non-hydrogen) atoms. The van der Waals surface area contributed by atoms with Crippen LogP contribution in [0.1, 0.15) is 0 Å². The number of rotatable bonds is 6. The predicted molar refractivity (Wildman–Crippen MR) is 54.6 cm³/mol. The Hall–Kier alpha value is -0.980. The maximum absolute atomic E-state index is 13.3. The van der Waals surface area contributed by atoms with Gasteiger partial charge in [0.15, 0.2) is 0 Å². The summed E-state index contributed by atoms with van der Waals surface area (Å²) in [5, 5.41) is -7.55. The molecule has 1 atom stereocenters. The van der Waals surface area contributed by atoms with Crippen LogP contribution in [-0.4, -0.2) is 52.9 Å². The Morgan fingerprint density at radius 1 is 0.276 bits per heavy atom. The first-order valence-electron chi connectivity index (χ1n) is 5.81. The van der Waals surface area contributed by atoms with E-state index in [0.29, 0.717) is 0 Å². The fourth-order valence-electron chi connectivity index (χ4n) is 1.36. The zero-order valence-corrected chi connectivity index (χ0v) is 13.0. The van der Waals surface area contributed by atoms with E-state index in [0.717, 1.165) is 12.6 Å². The molecule has 0 saturated heterocycles. The highest BCUT2D eigenvalue weighted by atomic mass is 32.1. The maximum Gasteiger partial charge on any atom is 0.460 e. The second-order valence-corrected chi connectivity index (χ2v) is 5.68. The lowest BCUT2D eigenvalue weighted by atomic mass is 9.89. The predicted octanol–water partition coefficient (Wildman–Crippen LogP) is 6.52. The van der Waals surface area contributed by atoms with E-state index in [-0.39, 0.29) is 0 Å². The van der Waals surface area contributed by atoms with Gasteiger partial charge in [0.2, 0.25) is 0 Å². The Balaban J connectivity index is 6.82. The molecule has 0 bridgehead atoms. The van der Waals surface area contributed by atoms with E-state index < -0.39 is 52.9 Å². The average molecular weight is 502 g/mol. The van der Waals surface area contributed by atoms with Crippen molar-refractivity contribution in [3.8, 4) is 0 Å². The summed E-state index contributed by atoms with van der Waals surface area (Å²) < 4.78 is 239. The molecule has 20 heteroatoms. The third kappa shape index (κ3) is 3.35. The summed E-state index contributed by atoms with van der Waals surface area (Å²) in [5.41, 5.74) is 0. The van der Waals surface area contributed by atoms with Crippen molar-refractivity contribution >= 4 is 12.6 Å². The Kier molecular flexibility index (Phi) is 6.29. The summed E-state index contributed by atoms with van der Waals surface area (Å²) in [4.78, 5) is 0. The zero-order valence-electron chi connectivity index (χ0n) is 12.1. The Morgan fingerprint density at radius 2 is 0.483 bits per heavy atom. The summed E-state index contributed by atoms with van der Waals surface area (Å²) >= 11 is 1.14. The Morgan fingerprint density at radius 3 is 0.724 bits per heavy atom. The van der Waals surface area contributed by atoms with Crippen molar-refractivity contribution in [3.05, 3.63) is 0 Å². The van der Waals surface area contributed by atoms with Gasteiger partial charge in [0.05, 0.1) is 0 Å². The van der Waals surface area contributed by atoms with E-state index in [9.17, 15) is 83.4 Å². The zero-order chi connectivity index (χ0) is 24.5. The van der Waals surface area contributed by atoms with Gasteiger partial charge in [-0.15, -0.1) is 12.6 Å². The molecule has 0 nitrogen and oxygen atoms in total. The third-order valence-corrected chi connectivity index (χ3v) is 3.68. The first-order chi connectivity index (χ1) is 12.0. The van der Waals surface area contributed by atoms with Crippen LogP contribution in [0.5, 0.6) is 0 Å². The van der Waals surface area contributed by atoms with Crippen molar-refractivity contribution in [2.45, 2.75) is 52.9 Å². The van der Waals surface area contributed by atoms with Crippen molar-refractivity contribution in [2.75, 3.05) is 0 Å². The van der Waals surface area contributed by atoms with Crippen LogP contribution in [0.3, 0.4) is 0 Å². The van der Waals surface area contributed by atoms with Gasteiger partial charge in [0, 0.05) is 0 Å². The molecule has 0 spiro atoms. The SMILES string of the molecule is FC(F)(F)C(F)(F)C(F)(F)C(F)(F)C(F)(F)C(F)(F)C(F)(S)C(F)(F)C(F)(F)F. The summed E-state index contributed by atoms with van der Waals surface area (Å²) in [6.07, 6.45) is -15.5. The van der Waals surface area contributed by atoms with Gasteiger partial charge in [-0.2, -0.15) is 79.0 Å². The van der Waals surface area contributed by atoms with Gasteiger partial charge >= 0.3 is 47.9 Å². The van der Waals surface area contributed by atoms with E-state index in [1.54, 1.807) is 0 Å². The van der Waals surface area contributed by atoms with Crippen molar-refractivity contribution in [3.63, 3.8) is 0 Å². The summed E-state index contributed by atoms with van der Waals surface area (Å²) in [7, 11) is 0. The van der Waals surface area contributed by atoms with E-state index in [4.69, 9.17) is 0 Å². The summed E-state index contributed by atoms with van der Waals surface area (Å²) in [6, 6.07) is 0. The van der Waals surface area contributed by atoms with Gasteiger partial charge in [0.25, 0.3) is 5.00 Å². The second kappa shape index (κ2) is 6.51. The molecular weight excluding hydrogens is 501 g/mol. The summed E-state index contributed by atoms with van der Waals surface area (Å²) in [6.45, 7) is 0. The second-order valence-electron chi connectivity index (χ2n) is 5.06. The minimum Gasteiger partial charge on any atom is -0.218 e. The minimum absolute atomic E-state index is 1.14. The lowest BCUT2D eigenvalue weighted by Gasteiger charge is -2.44. The standard InChI is InChI=1S/C9HF19S/c10-1(11,3(14,15)5(18,19)8(23,24)25)2(12,13)4(16,17)7(22,29)6(20,21)9(26,27)28/h29H. The maximum atomic E-state index is 13.3. The molecule has 0 amide bonds. The Bertz CT molecular complexity index is 554. The van der Waals surface area contributed by atoms with Crippen LogP contribution in [0.25, 0.3) is 0 Å². The van der Waals surface area contributed by atoms with E-state index in [1.165, 1.54) is 0 Å². The average Bonchev–Trinajstić information content (AvgIpc) is 2.43. The highest BCUT2D eigenvalue weighted by Gasteiger charge is 2.95. The number of hydrogen-bond donors (Lipinski definition) is 1. The number of thiol groups is 1. The van der Waals surface area contributed by atoms with Gasteiger partial charge < -0.3 is 0 Å². The Labute approximate surface area is 150 Å². The molecule has 0 aliphatic rings. The smallest absolute Gasteiger partial charge is 0.218 e. The molecule has 1 unspecified atom stereocenters. The third-order valence-electron chi connectivity index (χ3n) is 3.12. The molecule has 0 aliphatic heterocycles. The van der Waals surface area contributed by atoms with Gasteiger partial charge in [0.1, 0.15) is 0 Å². The van der Waals surface area contributed by atoms with E-state index in [2.05, 4.69) is 0 Å². The highest BCUT2D eigenvalue weighted by molar-refractivity contribution is 7.81. The van der Waals surface area contributed by atoms with Crippen LogP contribution in [0.4, 0.5) is 83.4 Å². The molecule has 0 rings (SSSR count). The van der Waals surface area contributed by atoms with Gasteiger partial charge in [-0.3, -0.25) is 0 Å². The minimum atomic E-state index is -8.76. The topological polar surface area (TPSA) is 0 Å². The van der Waals surface area contributed by atoms with Crippen LogP contribution in [0, 0.1) is 0 Å². The molecule has 176 valence electrons. The molecule has 0 radical (unpaired) electrons. The van der Waals surface area contributed by atoms with E-state index >= 15 is 0 Å². The largest absolute Gasteiger partial charge is 0.460 e. The van der Waals surface area contributed by atoms with Crippen LogP contribution < -0.4 is 0 Å².